The summed E-state index contributed by atoms with van der Waals surface area (Å²) in [5.41, 5.74) is 1.51. The van der Waals surface area contributed by atoms with Crippen molar-refractivity contribution in [3.8, 4) is 11.4 Å². The lowest BCUT2D eigenvalue weighted by molar-refractivity contribution is 0.252. The van der Waals surface area contributed by atoms with Crippen molar-refractivity contribution in [2.75, 3.05) is 31.8 Å². The molecule has 0 unspecified atom stereocenters. The molecule has 0 radical (unpaired) electrons. The summed E-state index contributed by atoms with van der Waals surface area (Å²) in [5, 5.41) is 9.63. The molecule has 0 aliphatic rings. The van der Waals surface area contributed by atoms with Crippen LogP contribution in [-0.2, 0) is 10.0 Å². The second-order valence-corrected chi connectivity index (χ2v) is 7.16. The van der Waals surface area contributed by atoms with Crippen LogP contribution in [0, 0.1) is 6.92 Å². The van der Waals surface area contributed by atoms with Crippen molar-refractivity contribution >= 4 is 21.9 Å². The molecular formula is C15H21N5O4S. The van der Waals surface area contributed by atoms with Crippen molar-refractivity contribution in [1.29, 1.82) is 0 Å². The minimum absolute atomic E-state index is 0.114. The fraction of sp³-hybridized carbons (Fsp3) is 0.333. The highest BCUT2D eigenvalue weighted by molar-refractivity contribution is 7.88. The third-order valence-corrected chi connectivity index (χ3v) is 3.89. The molecule has 2 rings (SSSR count). The monoisotopic (exact) mass is 367 g/mol. The first-order chi connectivity index (χ1) is 11.8. The van der Waals surface area contributed by atoms with Crippen molar-refractivity contribution in [2.24, 2.45) is 0 Å². The summed E-state index contributed by atoms with van der Waals surface area (Å²) < 4.78 is 30.9. The van der Waals surface area contributed by atoms with Crippen LogP contribution in [0.15, 0.2) is 30.3 Å². The number of hydrogen-bond donors (Lipinski definition) is 3. The molecule has 0 saturated heterocycles. The van der Waals surface area contributed by atoms with Gasteiger partial charge in [-0.05, 0) is 31.2 Å². The van der Waals surface area contributed by atoms with Crippen LogP contribution in [0.5, 0.6) is 5.75 Å². The van der Waals surface area contributed by atoms with Gasteiger partial charge in [0, 0.05) is 19.2 Å². The van der Waals surface area contributed by atoms with Gasteiger partial charge in [-0.1, -0.05) is 0 Å². The highest BCUT2D eigenvalue weighted by Crippen LogP contribution is 2.19. The number of aromatic nitrogens is 2. The molecular weight excluding hydrogens is 346 g/mol. The normalized spacial score (nSPS) is 11.2. The van der Waals surface area contributed by atoms with Crippen molar-refractivity contribution in [1.82, 2.24) is 19.8 Å². The van der Waals surface area contributed by atoms with Gasteiger partial charge in [0.05, 0.1) is 24.7 Å². The fourth-order valence-corrected chi connectivity index (χ4v) is 2.55. The number of rotatable bonds is 7. The number of benzene rings is 1. The average molecular weight is 367 g/mol. The Balaban J connectivity index is 2.01. The van der Waals surface area contributed by atoms with E-state index in [-0.39, 0.29) is 13.1 Å². The predicted molar refractivity (Wildman–Crippen MR) is 94.7 cm³/mol. The standard InChI is InChI=1S/C15H21N5O4S/c1-11-10-14(18-15(21)16-8-9-17-25(3,22)23)20(19-11)12-4-6-13(24-2)7-5-12/h4-7,10,17H,8-9H2,1-3H3,(H2,16,18,21). The molecule has 2 amide bonds. The van der Waals surface area contributed by atoms with Crippen LogP contribution in [0.25, 0.3) is 5.69 Å². The van der Waals surface area contributed by atoms with Gasteiger partial charge in [-0.25, -0.2) is 22.6 Å². The van der Waals surface area contributed by atoms with Gasteiger partial charge >= 0.3 is 6.03 Å². The van der Waals surface area contributed by atoms with Gasteiger partial charge in [0.25, 0.3) is 0 Å². The van der Waals surface area contributed by atoms with E-state index in [0.29, 0.717) is 5.82 Å². The predicted octanol–water partition coefficient (Wildman–Crippen LogP) is 0.860. The maximum absolute atomic E-state index is 12.0. The Kier molecular flexibility index (Phi) is 5.99. The highest BCUT2D eigenvalue weighted by atomic mass is 32.2. The second kappa shape index (κ2) is 7.99. The summed E-state index contributed by atoms with van der Waals surface area (Å²) in [6, 6.07) is 8.53. The van der Waals surface area contributed by atoms with Crippen LogP contribution in [0.4, 0.5) is 10.6 Å². The van der Waals surface area contributed by atoms with Crippen molar-refractivity contribution in [3.63, 3.8) is 0 Å². The van der Waals surface area contributed by atoms with Crippen LogP contribution < -0.4 is 20.1 Å². The number of urea groups is 1. The Hall–Kier alpha value is -2.59. The quantitative estimate of drug-likeness (QED) is 0.628. The molecule has 0 atom stereocenters. The third kappa shape index (κ3) is 5.76. The lowest BCUT2D eigenvalue weighted by Crippen LogP contribution is -2.36. The summed E-state index contributed by atoms with van der Waals surface area (Å²) in [5.74, 6) is 1.22. The van der Waals surface area contributed by atoms with Crippen molar-refractivity contribution in [2.45, 2.75) is 6.92 Å². The zero-order chi connectivity index (χ0) is 18.4. The maximum atomic E-state index is 12.0. The molecule has 0 aliphatic heterocycles. The highest BCUT2D eigenvalue weighted by Gasteiger charge is 2.11. The molecule has 1 heterocycles. The first-order valence-electron chi connectivity index (χ1n) is 7.49. The summed E-state index contributed by atoms with van der Waals surface area (Å²) in [4.78, 5) is 12.0. The van der Waals surface area contributed by atoms with E-state index in [1.54, 1.807) is 30.0 Å². The van der Waals surface area contributed by atoms with Crippen LogP contribution in [-0.4, -0.2) is 50.7 Å². The number of nitrogens with zero attached hydrogens (tertiary/aromatic N) is 2. The number of amides is 2. The van der Waals surface area contributed by atoms with Gasteiger partial charge in [-0.3, -0.25) is 5.32 Å². The van der Waals surface area contributed by atoms with E-state index in [0.717, 1.165) is 23.4 Å². The Bertz CT molecular complexity index is 830. The van der Waals surface area contributed by atoms with Crippen LogP contribution in [0.3, 0.4) is 0 Å². The molecule has 9 nitrogen and oxygen atoms in total. The van der Waals surface area contributed by atoms with Crippen molar-refractivity contribution < 1.29 is 17.9 Å². The van der Waals surface area contributed by atoms with Crippen LogP contribution in [0.1, 0.15) is 5.69 Å². The molecule has 0 spiro atoms. The van der Waals surface area contributed by atoms with Gasteiger partial charge in [0.1, 0.15) is 11.6 Å². The Morgan fingerprint density at radius 1 is 1.24 bits per heavy atom. The van der Waals surface area contributed by atoms with E-state index in [9.17, 15) is 13.2 Å². The number of ether oxygens (including phenoxy) is 1. The van der Waals surface area contributed by atoms with Gasteiger partial charge in [-0.2, -0.15) is 5.10 Å². The minimum atomic E-state index is -3.27. The van der Waals surface area contributed by atoms with Gasteiger partial charge in [0.2, 0.25) is 10.0 Å². The largest absolute Gasteiger partial charge is 0.497 e. The molecule has 3 N–H and O–H groups in total. The van der Waals surface area contributed by atoms with E-state index in [4.69, 9.17) is 4.74 Å². The second-order valence-electron chi connectivity index (χ2n) is 5.33. The first-order valence-corrected chi connectivity index (χ1v) is 9.38. The molecule has 0 bridgehead atoms. The third-order valence-electron chi connectivity index (χ3n) is 3.16. The summed E-state index contributed by atoms with van der Waals surface area (Å²) in [7, 11) is -1.69. The molecule has 2 aromatic rings. The number of sulfonamides is 1. The lowest BCUT2D eigenvalue weighted by atomic mass is 10.3. The number of anilines is 1. The number of carbonyl (C=O) groups excluding carboxylic acids is 1. The van der Waals surface area contributed by atoms with Crippen LogP contribution >= 0.6 is 0 Å². The Labute approximate surface area is 146 Å². The fourth-order valence-electron chi connectivity index (χ4n) is 2.08. The molecule has 25 heavy (non-hydrogen) atoms. The molecule has 0 fully saturated rings. The SMILES string of the molecule is COc1ccc(-n2nc(C)cc2NC(=O)NCCNS(C)(=O)=O)cc1. The van der Waals surface area contributed by atoms with E-state index in [1.165, 1.54) is 0 Å². The minimum Gasteiger partial charge on any atom is -0.497 e. The zero-order valence-electron chi connectivity index (χ0n) is 14.2. The number of hydrogen-bond acceptors (Lipinski definition) is 5. The molecule has 0 saturated carbocycles. The van der Waals surface area contributed by atoms with E-state index in [1.807, 2.05) is 19.1 Å². The first kappa shape index (κ1) is 18.7. The van der Waals surface area contributed by atoms with E-state index < -0.39 is 16.1 Å². The zero-order valence-corrected chi connectivity index (χ0v) is 15.1. The summed E-state index contributed by atoms with van der Waals surface area (Å²) in [6.45, 7) is 2.09. The summed E-state index contributed by atoms with van der Waals surface area (Å²) >= 11 is 0. The van der Waals surface area contributed by atoms with Crippen molar-refractivity contribution in [3.05, 3.63) is 36.0 Å². The smallest absolute Gasteiger partial charge is 0.320 e. The Morgan fingerprint density at radius 3 is 2.52 bits per heavy atom. The number of methoxy groups -OCH3 is 1. The molecule has 10 heteroatoms. The average Bonchev–Trinajstić information content (AvgIpc) is 2.91. The number of aryl methyl sites for hydroxylation is 1. The molecule has 1 aromatic heterocycles. The molecule has 1 aromatic carbocycles. The van der Waals surface area contributed by atoms with E-state index >= 15 is 0 Å². The summed E-state index contributed by atoms with van der Waals surface area (Å²) in [6.07, 6.45) is 1.06. The maximum Gasteiger partial charge on any atom is 0.320 e. The molecule has 136 valence electrons. The van der Waals surface area contributed by atoms with Gasteiger partial charge < -0.3 is 10.1 Å². The van der Waals surface area contributed by atoms with Gasteiger partial charge in [0.15, 0.2) is 0 Å². The van der Waals surface area contributed by atoms with Crippen LogP contribution in [0.2, 0.25) is 0 Å². The number of carbonyl (C=O) groups is 1. The van der Waals surface area contributed by atoms with Gasteiger partial charge in [-0.15, -0.1) is 0 Å². The van der Waals surface area contributed by atoms with E-state index in [2.05, 4.69) is 20.5 Å². The number of nitrogens with one attached hydrogen (secondary N) is 3. The Morgan fingerprint density at radius 2 is 1.92 bits per heavy atom. The lowest BCUT2D eigenvalue weighted by Gasteiger charge is -2.10. The molecule has 0 aliphatic carbocycles. The topological polar surface area (TPSA) is 114 Å².